The number of alkyl halides is 3. The molecule has 0 fully saturated rings. The third-order valence-electron chi connectivity index (χ3n) is 2.76. The van der Waals surface area contributed by atoms with Crippen LogP contribution < -0.4 is 9.46 Å². The number of carboxylic acids is 1. The molecular formula is C12H10F3NO4S. The summed E-state index contributed by atoms with van der Waals surface area (Å²) in [5.74, 6) is -1.83. The lowest BCUT2D eigenvalue weighted by molar-refractivity contribution is -0.187. The number of nitrogens with one attached hydrogen (secondary N) is 1. The summed E-state index contributed by atoms with van der Waals surface area (Å²) in [5.41, 5.74) is -0.781. The Morgan fingerprint density at radius 1 is 1.48 bits per heavy atom. The van der Waals surface area contributed by atoms with Gasteiger partial charge in [-0.15, -0.1) is 4.72 Å². The zero-order valence-corrected chi connectivity index (χ0v) is 11.4. The summed E-state index contributed by atoms with van der Waals surface area (Å²) in [5, 5.41) is 8.90. The van der Waals surface area contributed by atoms with Crippen LogP contribution in [0, 0.1) is 0 Å². The second kappa shape index (κ2) is 5.58. The average Bonchev–Trinajstić information content (AvgIpc) is 2.43. The van der Waals surface area contributed by atoms with Gasteiger partial charge >= 0.3 is 12.1 Å². The number of halogens is 3. The minimum Gasteiger partial charge on any atom is -0.593 e. The van der Waals surface area contributed by atoms with Gasteiger partial charge in [-0.2, -0.15) is 13.2 Å². The molecule has 2 N–H and O–H groups in total. The van der Waals surface area contributed by atoms with Gasteiger partial charge < -0.3 is 14.4 Å². The highest BCUT2D eigenvalue weighted by Crippen LogP contribution is 2.37. The Bertz CT molecular complexity index is 603. The van der Waals surface area contributed by atoms with Crippen LogP contribution >= 0.6 is 0 Å². The van der Waals surface area contributed by atoms with Crippen LogP contribution in [0.4, 0.5) is 13.2 Å². The maximum atomic E-state index is 12.8. The molecule has 1 aromatic rings. The Labute approximate surface area is 120 Å². The highest BCUT2D eigenvalue weighted by atomic mass is 32.2. The summed E-state index contributed by atoms with van der Waals surface area (Å²) in [6.07, 6.45) is -6.48. The van der Waals surface area contributed by atoms with Crippen LogP contribution in [0.2, 0.25) is 0 Å². The molecule has 0 saturated carbocycles. The first-order chi connectivity index (χ1) is 9.74. The number of benzene rings is 1. The molecule has 5 nitrogen and oxygen atoms in total. The minimum atomic E-state index is -4.84. The number of carbonyl (C=O) groups is 1. The van der Waals surface area contributed by atoms with Gasteiger partial charge in [0.05, 0.1) is 16.9 Å². The third kappa shape index (κ3) is 3.14. The molecule has 2 rings (SSSR count). The van der Waals surface area contributed by atoms with Crippen molar-refractivity contribution in [3.05, 3.63) is 29.3 Å². The molecule has 0 aromatic heterocycles. The van der Waals surface area contributed by atoms with Crippen LogP contribution in [0.25, 0.3) is 6.08 Å². The van der Waals surface area contributed by atoms with Crippen molar-refractivity contribution < 1.29 is 32.4 Å². The van der Waals surface area contributed by atoms with Crippen LogP contribution in [-0.2, 0) is 16.2 Å². The Balaban J connectivity index is 2.48. The lowest BCUT2D eigenvalue weighted by atomic mass is 10.0. The topological polar surface area (TPSA) is 81.6 Å². The summed E-state index contributed by atoms with van der Waals surface area (Å²) in [4.78, 5) is 11.3. The Kier molecular flexibility index (Phi) is 4.17. The Hall–Kier alpha value is -1.71. The quantitative estimate of drug-likeness (QED) is 0.829. The van der Waals surface area contributed by atoms with Gasteiger partial charge in [-0.05, 0) is 18.2 Å². The van der Waals surface area contributed by atoms with Crippen molar-refractivity contribution in [1.82, 2.24) is 4.72 Å². The van der Waals surface area contributed by atoms with Gasteiger partial charge in [0, 0.05) is 18.7 Å². The number of rotatable bonds is 3. The third-order valence-corrected chi connectivity index (χ3v) is 3.82. The van der Waals surface area contributed by atoms with E-state index in [0.717, 1.165) is 6.08 Å². The van der Waals surface area contributed by atoms with Crippen LogP contribution in [0.3, 0.4) is 0 Å². The number of hydrogen-bond acceptors (Lipinski definition) is 4. The van der Waals surface area contributed by atoms with Gasteiger partial charge in [-0.1, -0.05) is 0 Å². The van der Waals surface area contributed by atoms with Crippen molar-refractivity contribution in [2.75, 3.05) is 7.05 Å². The molecule has 114 valence electrons. The molecule has 0 spiro atoms. The number of carboxylic acid groups (broad SMARTS) is 1. The summed E-state index contributed by atoms with van der Waals surface area (Å²) < 4.78 is 57.3. The fourth-order valence-corrected chi connectivity index (χ4v) is 2.49. The van der Waals surface area contributed by atoms with Crippen molar-refractivity contribution >= 4 is 23.4 Å². The number of fused-ring (bicyclic) bond motifs is 1. The van der Waals surface area contributed by atoms with Gasteiger partial charge in [0.15, 0.2) is 4.90 Å². The van der Waals surface area contributed by atoms with E-state index in [-0.39, 0.29) is 11.3 Å². The van der Waals surface area contributed by atoms with Gasteiger partial charge in [-0.3, -0.25) is 0 Å². The average molecular weight is 321 g/mol. The molecule has 0 aliphatic carbocycles. The summed E-state index contributed by atoms with van der Waals surface area (Å²) >= 11 is -1.54. The van der Waals surface area contributed by atoms with E-state index in [1.807, 2.05) is 0 Å². The molecule has 0 amide bonds. The number of aliphatic carboxylic acids is 1. The normalized spacial score (nSPS) is 19.3. The maximum absolute atomic E-state index is 12.8. The lowest BCUT2D eigenvalue weighted by Gasteiger charge is -2.27. The predicted molar refractivity (Wildman–Crippen MR) is 68.0 cm³/mol. The Morgan fingerprint density at radius 3 is 2.67 bits per heavy atom. The monoisotopic (exact) mass is 321 g/mol. The van der Waals surface area contributed by atoms with Crippen LogP contribution in [0.15, 0.2) is 28.7 Å². The van der Waals surface area contributed by atoms with E-state index < -0.39 is 35.2 Å². The molecule has 1 heterocycles. The van der Waals surface area contributed by atoms with E-state index in [1.165, 1.54) is 25.2 Å². The fourth-order valence-electron chi connectivity index (χ4n) is 1.83. The standard InChI is InChI=1S/C12H10F3NO4S/c1-16-21(19)7-2-3-9-6(4-7)5-8(11(17)18)10(20-9)12(13,14)15/h2-5,10,16H,1H3,(H,17,18). The SMILES string of the molecule is CN[S+]([O-])c1ccc2c(c1)C=C(C(=O)O)C(C(F)(F)F)O2. The van der Waals surface area contributed by atoms with Crippen molar-refractivity contribution in [3.8, 4) is 5.75 Å². The summed E-state index contributed by atoms with van der Waals surface area (Å²) in [6.45, 7) is 0. The molecule has 21 heavy (non-hydrogen) atoms. The molecule has 0 radical (unpaired) electrons. The van der Waals surface area contributed by atoms with Gasteiger partial charge in [0.1, 0.15) is 5.75 Å². The largest absolute Gasteiger partial charge is 0.593 e. The highest BCUT2D eigenvalue weighted by Gasteiger charge is 2.48. The molecule has 9 heteroatoms. The predicted octanol–water partition coefficient (Wildman–Crippen LogP) is 1.72. The van der Waals surface area contributed by atoms with Crippen LogP contribution in [-0.4, -0.2) is 35.0 Å². The first-order valence-corrected chi connectivity index (χ1v) is 6.80. The number of hydrogen-bond donors (Lipinski definition) is 2. The number of ether oxygens (including phenoxy) is 1. The van der Waals surface area contributed by atoms with Crippen LogP contribution in [0.5, 0.6) is 5.75 Å². The first kappa shape index (κ1) is 15.7. The second-order valence-corrected chi connectivity index (χ2v) is 5.53. The van der Waals surface area contributed by atoms with E-state index >= 15 is 0 Å². The van der Waals surface area contributed by atoms with Crippen molar-refractivity contribution in [3.63, 3.8) is 0 Å². The zero-order chi connectivity index (χ0) is 15.8. The highest BCUT2D eigenvalue weighted by molar-refractivity contribution is 7.89. The maximum Gasteiger partial charge on any atom is 0.430 e. The Morgan fingerprint density at radius 2 is 2.14 bits per heavy atom. The molecule has 1 aromatic carbocycles. The fraction of sp³-hybridized carbons (Fsp3) is 0.250. The van der Waals surface area contributed by atoms with E-state index in [2.05, 4.69) is 4.72 Å². The molecule has 1 aliphatic rings. The smallest absolute Gasteiger partial charge is 0.430 e. The van der Waals surface area contributed by atoms with Crippen molar-refractivity contribution in [2.45, 2.75) is 17.2 Å². The molecule has 2 atom stereocenters. The van der Waals surface area contributed by atoms with E-state index in [0.29, 0.717) is 4.90 Å². The summed E-state index contributed by atoms with van der Waals surface area (Å²) in [6, 6.07) is 3.89. The molecule has 0 bridgehead atoms. The van der Waals surface area contributed by atoms with Crippen LogP contribution in [0.1, 0.15) is 5.56 Å². The van der Waals surface area contributed by atoms with Gasteiger partial charge in [-0.25, -0.2) is 4.79 Å². The van der Waals surface area contributed by atoms with E-state index in [4.69, 9.17) is 9.84 Å². The van der Waals surface area contributed by atoms with E-state index in [1.54, 1.807) is 0 Å². The summed E-state index contributed by atoms with van der Waals surface area (Å²) in [7, 11) is 1.45. The zero-order valence-electron chi connectivity index (χ0n) is 10.6. The molecular weight excluding hydrogens is 311 g/mol. The van der Waals surface area contributed by atoms with Crippen molar-refractivity contribution in [1.29, 1.82) is 0 Å². The molecule has 0 saturated heterocycles. The van der Waals surface area contributed by atoms with E-state index in [9.17, 15) is 22.5 Å². The van der Waals surface area contributed by atoms with Gasteiger partial charge in [0.2, 0.25) is 6.10 Å². The van der Waals surface area contributed by atoms with Crippen molar-refractivity contribution in [2.24, 2.45) is 0 Å². The molecule has 1 aliphatic heterocycles. The molecule has 2 unspecified atom stereocenters. The minimum absolute atomic E-state index is 0.112. The second-order valence-electron chi connectivity index (χ2n) is 4.12. The lowest BCUT2D eigenvalue weighted by Crippen LogP contribution is -2.40. The van der Waals surface area contributed by atoms with Gasteiger partial charge in [0.25, 0.3) is 0 Å². The first-order valence-electron chi connectivity index (χ1n) is 5.65.